The number of benzene rings is 11. The summed E-state index contributed by atoms with van der Waals surface area (Å²) in [6.07, 6.45) is 0. The Balaban J connectivity index is 1.11. The molecule has 0 N–H and O–H groups in total. The van der Waals surface area contributed by atoms with Crippen LogP contribution in [0, 0.1) is 0 Å². The summed E-state index contributed by atoms with van der Waals surface area (Å²) in [4.78, 5) is 0. The molecule has 0 radical (unpaired) electrons. The molecule has 0 nitrogen and oxygen atoms in total. The summed E-state index contributed by atoms with van der Waals surface area (Å²) in [6.45, 7) is 0. The quantitative estimate of drug-likeness (QED) is 0.122. The average Bonchev–Trinajstić information content (AvgIpc) is 3.90. The Labute approximate surface area is 357 Å². The van der Waals surface area contributed by atoms with Crippen LogP contribution in [0.15, 0.2) is 206 Å². The van der Waals surface area contributed by atoms with Gasteiger partial charge >= 0.3 is 353 Å². The molecule has 278 valence electrons. The van der Waals surface area contributed by atoms with Gasteiger partial charge < -0.3 is 0 Å². The van der Waals surface area contributed by atoms with Gasteiger partial charge in [-0.2, -0.15) is 0 Å². The third-order valence-corrected chi connectivity index (χ3v) is 16.3. The van der Waals surface area contributed by atoms with Crippen molar-refractivity contribution in [1.29, 1.82) is 0 Å². The van der Waals surface area contributed by atoms with Crippen molar-refractivity contribution in [3.05, 3.63) is 206 Å². The van der Waals surface area contributed by atoms with Crippen LogP contribution < -0.4 is 0 Å². The fraction of sp³-hybridized carbons (Fsp3) is 0. The molecule has 2 heteroatoms. The SMILES string of the molecule is c1ccc(-c2c3ccccc3c(-c3cccc4c3[se]c3cccc(-c5c6ccccc6c(-c6cccc7sc8ccccc8c67)c6ccccc56)c34)c3ccccc23)cc1. The summed E-state index contributed by atoms with van der Waals surface area (Å²) in [6, 6.07) is 77.2. The maximum absolute atomic E-state index is 2.39. The van der Waals surface area contributed by atoms with Gasteiger partial charge in [0.05, 0.1) is 0 Å². The zero-order chi connectivity index (χ0) is 39.3. The van der Waals surface area contributed by atoms with Gasteiger partial charge in [-0.1, -0.05) is 6.07 Å². The molecule has 2 aromatic heterocycles. The maximum atomic E-state index is 2.39. The summed E-state index contributed by atoms with van der Waals surface area (Å²) in [5, 5.41) is 15.8. The molecular weight excluding hydrogens is 808 g/mol. The first-order valence-corrected chi connectivity index (χ1v) is 23.1. The van der Waals surface area contributed by atoms with Crippen LogP contribution in [-0.4, -0.2) is 14.5 Å². The van der Waals surface area contributed by atoms with E-state index in [4.69, 9.17) is 0 Å². The minimum absolute atomic E-state index is 0.110. The molecule has 0 spiro atoms. The van der Waals surface area contributed by atoms with E-state index in [1.54, 1.807) is 0 Å². The third kappa shape index (κ3) is 4.90. The van der Waals surface area contributed by atoms with Crippen molar-refractivity contribution in [3.63, 3.8) is 0 Å². The second kappa shape index (κ2) is 13.4. The van der Waals surface area contributed by atoms with Crippen LogP contribution in [0.2, 0.25) is 0 Å². The van der Waals surface area contributed by atoms with Crippen molar-refractivity contribution in [1.82, 2.24) is 0 Å². The van der Waals surface area contributed by atoms with E-state index in [9.17, 15) is 0 Å². The molecule has 0 fully saturated rings. The van der Waals surface area contributed by atoms with Gasteiger partial charge in [0.15, 0.2) is 0 Å². The Bertz CT molecular complexity index is 3770. The Kier molecular flexibility index (Phi) is 7.59. The molecule has 0 bridgehead atoms. The summed E-state index contributed by atoms with van der Waals surface area (Å²) < 4.78 is 5.58. The standard InChI is InChI=1S/C58H34SSe/c1-2-17-35(18-3-1)52-36-19-4-6-21-38(36)55(39-22-7-5-20-37(39)52)47-30-14-31-48-57-46(29-16-34-51(57)60-58(47)48)54-42-25-10-8-23-40(42)53(41-24-9-11-26-43(41)54)45-28-15-33-50-56(45)44-27-12-13-32-49(44)59-50/h1-34H. The predicted octanol–water partition coefficient (Wildman–Crippen LogP) is 16.7. The van der Waals surface area contributed by atoms with Crippen LogP contribution in [-0.2, 0) is 0 Å². The van der Waals surface area contributed by atoms with Crippen LogP contribution in [0.1, 0.15) is 0 Å². The van der Waals surface area contributed by atoms with E-state index in [-0.39, 0.29) is 14.5 Å². The van der Waals surface area contributed by atoms with E-state index in [1.807, 2.05) is 11.3 Å². The number of rotatable bonds is 4. The van der Waals surface area contributed by atoms with Gasteiger partial charge in [-0.15, -0.1) is 0 Å². The van der Waals surface area contributed by atoms with E-state index < -0.39 is 0 Å². The molecule has 13 aromatic rings. The predicted molar refractivity (Wildman–Crippen MR) is 263 cm³/mol. The second-order valence-corrected chi connectivity index (χ2v) is 19.1. The average molecular weight is 842 g/mol. The molecule has 0 unspecified atom stereocenters. The number of thiophene rings is 1. The molecule has 13 rings (SSSR count). The summed E-state index contributed by atoms with van der Waals surface area (Å²) in [5.74, 6) is 0. The number of hydrogen-bond acceptors (Lipinski definition) is 1. The molecule has 2 heterocycles. The van der Waals surface area contributed by atoms with Crippen LogP contribution >= 0.6 is 11.3 Å². The van der Waals surface area contributed by atoms with Crippen LogP contribution in [0.3, 0.4) is 0 Å². The van der Waals surface area contributed by atoms with E-state index in [2.05, 4.69) is 206 Å². The molecule has 60 heavy (non-hydrogen) atoms. The van der Waals surface area contributed by atoms with Gasteiger partial charge in [0.1, 0.15) is 0 Å². The van der Waals surface area contributed by atoms with Gasteiger partial charge in [-0.25, -0.2) is 0 Å². The van der Waals surface area contributed by atoms with Gasteiger partial charge in [0.2, 0.25) is 0 Å². The molecular formula is C58H34SSe. The Morgan fingerprint density at radius 3 is 1.25 bits per heavy atom. The number of hydrogen-bond donors (Lipinski definition) is 0. The summed E-state index contributed by atoms with van der Waals surface area (Å²) in [7, 11) is 0. The van der Waals surface area contributed by atoms with Gasteiger partial charge in [-0.3, -0.25) is 0 Å². The Morgan fingerprint density at radius 2 is 0.667 bits per heavy atom. The van der Waals surface area contributed by atoms with E-state index in [0.29, 0.717) is 0 Å². The molecule has 0 atom stereocenters. The van der Waals surface area contributed by atoms with Crippen molar-refractivity contribution < 1.29 is 0 Å². The first-order valence-electron chi connectivity index (χ1n) is 20.6. The molecule has 0 saturated heterocycles. The molecule has 0 aliphatic carbocycles. The normalized spacial score (nSPS) is 12.0. The molecule has 11 aromatic carbocycles. The van der Waals surface area contributed by atoms with Crippen molar-refractivity contribution >= 4 is 108 Å². The van der Waals surface area contributed by atoms with Crippen LogP contribution in [0.5, 0.6) is 0 Å². The molecule has 0 aliphatic heterocycles. The third-order valence-electron chi connectivity index (χ3n) is 12.7. The minimum atomic E-state index is 0.110. The monoisotopic (exact) mass is 842 g/mol. The topological polar surface area (TPSA) is 0 Å². The summed E-state index contributed by atoms with van der Waals surface area (Å²) >= 11 is 2.00. The van der Waals surface area contributed by atoms with Crippen molar-refractivity contribution in [2.75, 3.05) is 0 Å². The van der Waals surface area contributed by atoms with Gasteiger partial charge in [0.25, 0.3) is 0 Å². The zero-order valence-electron chi connectivity index (χ0n) is 32.4. The Morgan fingerprint density at radius 1 is 0.267 bits per heavy atom. The first kappa shape index (κ1) is 34.1. The van der Waals surface area contributed by atoms with Gasteiger partial charge in [-0.05, 0) is 0 Å². The number of fused-ring (bicyclic) bond motifs is 10. The van der Waals surface area contributed by atoms with Crippen molar-refractivity contribution in [2.24, 2.45) is 0 Å². The van der Waals surface area contributed by atoms with Gasteiger partial charge in [0, 0.05) is 0 Å². The van der Waals surface area contributed by atoms with E-state index in [0.717, 1.165) is 0 Å². The molecule has 0 amide bonds. The zero-order valence-corrected chi connectivity index (χ0v) is 35.0. The first-order chi connectivity index (χ1) is 29.8. The Hall–Kier alpha value is -6.80. The second-order valence-electron chi connectivity index (χ2n) is 15.8. The summed E-state index contributed by atoms with van der Waals surface area (Å²) in [5.41, 5.74) is 10.5. The van der Waals surface area contributed by atoms with E-state index >= 15 is 0 Å². The fourth-order valence-corrected chi connectivity index (χ4v) is 14.0. The van der Waals surface area contributed by atoms with Crippen LogP contribution in [0.4, 0.5) is 0 Å². The van der Waals surface area contributed by atoms with Crippen LogP contribution in [0.25, 0.3) is 127 Å². The van der Waals surface area contributed by atoms with Crippen molar-refractivity contribution in [2.45, 2.75) is 0 Å². The molecule has 0 aliphatic rings. The fourth-order valence-electron chi connectivity index (χ4n) is 10.3. The van der Waals surface area contributed by atoms with E-state index in [1.165, 1.54) is 127 Å². The van der Waals surface area contributed by atoms with Crippen molar-refractivity contribution in [3.8, 4) is 44.5 Å². The molecule has 0 saturated carbocycles.